The lowest BCUT2D eigenvalue weighted by Crippen LogP contribution is -2.38. The third-order valence-corrected chi connectivity index (χ3v) is 3.76. The van der Waals surface area contributed by atoms with Crippen LogP contribution in [0.2, 0.25) is 0 Å². The van der Waals surface area contributed by atoms with Crippen molar-refractivity contribution in [2.75, 3.05) is 30.5 Å². The van der Waals surface area contributed by atoms with E-state index in [4.69, 9.17) is 14.7 Å². The minimum atomic E-state index is -0.207. The third-order valence-electron chi connectivity index (χ3n) is 3.76. The Morgan fingerprint density at radius 2 is 2.21 bits per heavy atom. The summed E-state index contributed by atoms with van der Waals surface area (Å²) in [6.45, 7) is 0.608. The Hall–Kier alpha value is -3.20. The maximum Gasteiger partial charge on any atom is 0.265 e. The molecule has 0 spiro atoms. The predicted molar refractivity (Wildman–Crippen MR) is 90.2 cm³/mol. The molecule has 1 heterocycles. The van der Waals surface area contributed by atoms with E-state index >= 15 is 0 Å². The van der Waals surface area contributed by atoms with Crippen LogP contribution in [0.4, 0.5) is 11.4 Å². The maximum atomic E-state index is 11.8. The van der Waals surface area contributed by atoms with Crippen molar-refractivity contribution in [3.63, 3.8) is 0 Å². The van der Waals surface area contributed by atoms with Crippen LogP contribution in [0.1, 0.15) is 5.56 Å². The van der Waals surface area contributed by atoms with Crippen molar-refractivity contribution in [3.8, 4) is 17.6 Å². The van der Waals surface area contributed by atoms with E-state index in [2.05, 4.69) is 5.32 Å². The van der Waals surface area contributed by atoms with Crippen molar-refractivity contribution in [1.29, 1.82) is 5.26 Å². The van der Waals surface area contributed by atoms with Gasteiger partial charge in [0.15, 0.2) is 6.61 Å². The SMILES string of the molecule is COc1cccc(CNc2ccc3c(c2)OCC(=O)N3CC#N)c1. The number of hydrogen-bond acceptors (Lipinski definition) is 5. The number of nitrogens with one attached hydrogen (secondary N) is 1. The Morgan fingerprint density at radius 3 is 3.00 bits per heavy atom. The fourth-order valence-electron chi connectivity index (χ4n) is 2.55. The highest BCUT2D eigenvalue weighted by Gasteiger charge is 2.25. The van der Waals surface area contributed by atoms with Crippen LogP contribution in [-0.4, -0.2) is 26.2 Å². The summed E-state index contributed by atoms with van der Waals surface area (Å²) in [5.74, 6) is 1.20. The second-order valence-electron chi connectivity index (χ2n) is 5.31. The van der Waals surface area contributed by atoms with E-state index in [1.807, 2.05) is 42.5 Å². The van der Waals surface area contributed by atoms with Crippen molar-refractivity contribution in [2.45, 2.75) is 6.54 Å². The van der Waals surface area contributed by atoms with Crippen LogP contribution >= 0.6 is 0 Å². The Balaban J connectivity index is 1.74. The number of amides is 1. The van der Waals surface area contributed by atoms with E-state index < -0.39 is 0 Å². The number of fused-ring (bicyclic) bond motifs is 1. The maximum absolute atomic E-state index is 11.8. The number of methoxy groups -OCH3 is 1. The Bertz CT molecular complexity index is 798. The van der Waals surface area contributed by atoms with E-state index in [1.165, 1.54) is 4.90 Å². The molecule has 6 nitrogen and oxygen atoms in total. The van der Waals surface area contributed by atoms with Crippen molar-refractivity contribution in [3.05, 3.63) is 48.0 Å². The zero-order valence-corrected chi connectivity index (χ0v) is 13.3. The first-order chi connectivity index (χ1) is 11.7. The lowest BCUT2D eigenvalue weighted by molar-refractivity contribution is -0.121. The third kappa shape index (κ3) is 3.25. The lowest BCUT2D eigenvalue weighted by Gasteiger charge is -2.27. The highest BCUT2D eigenvalue weighted by molar-refractivity contribution is 5.98. The minimum absolute atomic E-state index is 0.0196. The Morgan fingerprint density at radius 1 is 1.33 bits per heavy atom. The van der Waals surface area contributed by atoms with Gasteiger partial charge in [-0.3, -0.25) is 9.69 Å². The number of hydrogen-bond donors (Lipinski definition) is 1. The molecule has 0 saturated carbocycles. The van der Waals surface area contributed by atoms with Gasteiger partial charge in [0.1, 0.15) is 18.0 Å². The van der Waals surface area contributed by atoms with Crippen LogP contribution in [-0.2, 0) is 11.3 Å². The highest BCUT2D eigenvalue weighted by atomic mass is 16.5. The molecule has 3 rings (SSSR count). The summed E-state index contributed by atoms with van der Waals surface area (Å²) in [7, 11) is 1.64. The molecule has 0 radical (unpaired) electrons. The summed E-state index contributed by atoms with van der Waals surface area (Å²) in [5, 5.41) is 12.2. The molecular formula is C18H17N3O3. The topological polar surface area (TPSA) is 74.6 Å². The van der Waals surface area contributed by atoms with Crippen molar-refractivity contribution in [1.82, 2.24) is 0 Å². The van der Waals surface area contributed by atoms with Gasteiger partial charge in [-0.05, 0) is 29.8 Å². The second kappa shape index (κ2) is 6.92. The monoisotopic (exact) mass is 323 g/mol. The standard InChI is InChI=1S/C18H17N3O3/c1-23-15-4-2-3-13(9-15)11-20-14-5-6-16-17(10-14)24-12-18(22)21(16)8-7-19/h2-6,9-10,20H,8,11-12H2,1H3. The fraction of sp³-hybridized carbons (Fsp3) is 0.222. The molecule has 0 bridgehead atoms. The Kier molecular flexibility index (Phi) is 4.52. The average molecular weight is 323 g/mol. The fourth-order valence-corrected chi connectivity index (χ4v) is 2.55. The van der Waals surface area contributed by atoms with Crippen molar-refractivity contribution < 1.29 is 14.3 Å². The zero-order chi connectivity index (χ0) is 16.9. The largest absolute Gasteiger partial charge is 0.497 e. The smallest absolute Gasteiger partial charge is 0.265 e. The van der Waals surface area contributed by atoms with Gasteiger partial charge in [-0.25, -0.2) is 0 Å². The van der Waals surface area contributed by atoms with Crippen LogP contribution in [0.25, 0.3) is 0 Å². The molecule has 1 aliphatic heterocycles. The molecule has 1 aliphatic rings. The van der Waals surface area contributed by atoms with E-state index in [0.29, 0.717) is 18.0 Å². The van der Waals surface area contributed by atoms with Crippen LogP contribution in [0, 0.1) is 11.3 Å². The van der Waals surface area contributed by atoms with Gasteiger partial charge in [0.25, 0.3) is 5.91 Å². The average Bonchev–Trinajstić information content (AvgIpc) is 2.62. The molecule has 0 unspecified atom stereocenters. The quantitative estimate of drug-likeness (QED) is 0.856. The molecule has 122 valence electrons. The van der Waals surface area contributed by atoms with Gasteiger partial charge in [-0.15, -0.1) is 0 Å². The Labute approximate surface area is 140 Å². The van der Waals surface area contributed by atoms with Crippen LogP contribution in [0.3, 0.4) is 0 Å². The van der Waals surface area contributed by atoms with Crippen LogP contribution < -0.4 is 19.7 Å². The van der Waals surface area contributed by atoms with Gasteiger partial charge in [-0.2, -0.15) is 5.26 Å². The molecule has 0 fully saturated rings. The van der Waals surface area contributed by atoms with Gasteiger partial charge < -0.3 is 14.8 Å². The molecule has 0 atom stereocenters. The molecule has 24 heavy (non-hydrogen) atoms. The predicted octanol–water partition coefficient (Wildman–Crippen LogP) is 2.56. The molecule has 2 aromatic carbocycles. The van der Waals surface area contributed by atoms with Gasteiger partial charge in [0, 0.05) is 18.3 Å². The molecule has 0 aliphatic carbocycles. The number of nitrogens with zero attached hydrogens (tertiary/aromatic N) is 2. The van der Waals surface area contributed by atoms with Crippen molar-refractivity contribution >= 4 is 17.3 Å². The van der Waals surface area contributed by atoms with E-state index in [-0.39, 0.29) is 19.1 Å². The summed E-state index contributed by atoms with van der Waals surface area (Å²) in [5.41, 5.74) is 2.59. The lowest BCUT2D eigenvalue weighted by atomic mass is 10.2. The summed E-state index contributed by atoms with van der Waals surface area (Å²) in [4.78, 5) is 13.3. The molecule has 2 aromatic rings. The van der Waals surface area contributed by atoms with Gasteiger partial charge in [0.05, 0.1) is 18.9 Å². The molecule has 1 N–H and O–H groups in total. The van der Waals surface area contributed by atoms with Crippen molar-refractivity contribution in [2.24, 2.45) is 0 Å². The first-order valence-electron chi connectivity index (χ1n) is 7.52. The summed E-state index contributed by atoms with van der Waals surface area (Å²) in [6.07, 6.45) is 0. The van der Waals surface area contributed by atoms with Crippen LogP contribution in [0.15, 0.2) is 42.5 Å². The number of carbonyl (C=O) groups excluding carboxylic acids is 1. The minimum Gasteiger partial charge on any atom is -0.497 e. The van der Waals surface area contributed by atoms with Gasteiger partial charge in [-0.1, -0.05) is 12.1 Å². The second-order valence-corrected chi connectivity index (χ2v) is 5.31. The highest BCUT2D eigenvalue weighted by Crippen LogP contribution is 2.34. The van der Waals surface area contributed by atoms with E-state index in [9.17, 15) is 4.79 Å². The number of anilines is 2. The molecule has 1 amide bonds. The number of ether oxygens (including phenoxy) is 2. The van der Waals surface area contributed by atoms with Gasteiger partial charge in [0.2, 0.25) is 0 Å². The number of rotatable bonds is 5. The van der Waals surface area contributed by atoms with E-state index in [0.717, 1.165) is 17.0 Å². The molecule has 0 aromatic heterocycles. The number of nitriles is 1. The molecule has 6 heteroatoms. The summed E-state index contributed by atoms with van der Waals surface area (Å²) < 4.78 is 10.7. The molecular weight excluding hydrogens is 306 g/mol. The van der Waals surface area contributed by atoms with Crippen LogP contribution in [0.5, 0.6) is 11.5 Å². The van der Waals surface area contributed by atoms with E-state index in [1.54, 1.807) is 13.2 Å². The molecule has 0 saturated heterocycles. The zero-order valence-electron chi connectivity index (χ0n) is 13.3. The first-order valence-corrected chi connectivity index (χ1v) is 7.52. The summed E-state index contributed by atoms with van der Waals surface area (Å²) >= 11 is 0. The normalized spacial score (nSPS) is 12.8. The first kappa shape index (κ1) is 15.7. The number of benzene rings is 2. The summed E-state index contributed by atoms with van der Waals surface area (Å²) in [6, 6.07) is 15.3. The van der Waals surface area contributed by atoms with Gasteiger partial charge >= 0.3 is 0 Å². The number of carbonyl (C=O) groups is 1.